The zero-order chi connectivity index (χ0) is 16.5. The SMILES string of the molecule is O=C(c1ccc(=O)[nH]c1)N1CCC[C@H]1CN1CCc2ccccc21. The molecule has 124 valence electrons. The van der Waals surface area contributed by atoms with Gasteiger partial charge in [0.2, 0.25) is 5.56 Å². The van der Waals surface area contributed by atoms with Crippen molar-refractivity contribution in [1.29, 1.82) is 0 Å². The van der Waals surface area contributed by atoms with E-state index in [1.54, 1.807) is 6.07 Å². The lowest BCUT2D eigenvalue weighted by molar-refractivity contribution is 0.0740. The Labute approximate surface area is 140 Å². The van der Waals surface area contributed by atoms with Gasteiger partial charge in [-0.15, -0.1) is 0 Å². The largest absolute Gasteiger partial charge is 0.369 e. The van der Waals surface area contributed by atoms with Crippen LogP contribution in [0.15, 0.2) is 47.4 Å². The fraction of sp³-hybridized carbons (Fsp3) is 0.368. The van der Waals surface area contributed by atoms with Gasteiger partial charge < -0.3 is 14.8 Å². The van der Waals surface area contributed by atoms with Crippen LogP contribution in [0.25, 0.3) is 0 Å². The maximum atomic E-state index is 12.8. The summed E-state index contributed by atoms with van der Waals surface area (Å²) >= 11 is 0. The highest BCUT2D eigenvalue weighted by molar-refractivity contribution is 5.94. The summed E-state index contributed by atoms with van der Waals surface area (Å²) in [5.74, 6) is 0.0150. The molecule has 0 aliphatic carbocycles. The minimum absolute atomic E-state index is 0.0150. The van der Waals surface area contributed by atoms with E-state index in [1.165, 1.54) is 23.5 Å². The van der Waals surface area contributed by atoms with E-state index in [2.05, 4.69) is 34.1 Å². The molecular weight excluding hydrogens is 302 g/mol. The molecule has 2 aromatic rings. The van der Waals surface area contributed by atoms with Crippen LogP contribution in [0.2, 0.25) is 0 Å². The Kier molecular flexibility index (Phi) is 3.84. The van der Waals surface area contributed by atoms with Crippen molar-refractivity contribution in [3.63, 3.8) is 0 Å². The highest BCUT2D eigenvalue weighted by atomic mass is 16.2. The van der Waals surface area contributed by atoms with E-state index in [1.807, 2.05) is 4.90 Å². The van der Waals surface area contributed by atoms with Crippen LogP contribution in [0, 0.1) is 0 Å². The minimum Gasteiger partial charge on any atom is -0.369 e. The zero-order valence-corrected chi connectivity index (χ0v) is 13.6. The van der Waals surface area contributed by atoms with Crippen molar-refractivity contribution in [2.45, 2.75) is 25.3 Å². The molecule has 0 bridgehead atoms. The number of para-hydroxylation sites is 1. The van der Waals surface area contributed by atoms with Gasteiger partial charge in [0, 0.05) is 43.6 Å². The van der Waals surface area contributed by atoms with Gasteiger partial charge in [0.25, 0.3) is 5.91 Å². The molecule has 3 heterocycles. The number of anilines is 1. The number of hydrogen-bond donors (Lipinski definition) is 1. The standard InChI is InChI=1S/C19H21N3O2/c23-18-8-7-15(12-20-18)19(24)22-10-3-5-16(22)13-21-11-9-14-4-1-2-6-17(14)21/h1-2,4,6-8,12,16H,3,5,9-11,13H2,(H,20,23)/t16-/m0/s1. The number of nitrogens with zero attached hydrogens (tertiary/aromatic N) is 2. The normalized spacial score (nSPS) is 19.6. The van der Waals surface area contributed by atoms with Crippen LogP contribution in [-0.2, 0) is 6.42 Å². The van der Waals surface area contributed by atoms with Gasteiger partial charge in [-0.1, -0.05) is 18.2 Å². The lowest BCUT2D eigenvalue weighted by Gasteiger charge is -2.30. The number of carbonyl (C=O) groups excluding carboxylic acids is 1. The lowest BCUT2D eigenvalue weighted by Crippen LogP contribution is -2.43. The second-order valence-electron chi connectivity index (χ2n) is 6.56. The van der Waals surface area contributed by atoms with Crippen LogP contribution in [0.5, 0.6) is 0 Å². The van der Waals surface area contributed by atoms with E-state index in [9.17, 15) is 9.59 Å². The average Bonchev–Trinajstić information content (AvgIpc) is 3.23. The molecule has 1 amide bonds. The van der Waals surface area contributed by atoms with Crippen LogP contribution in [-0.4, -0.2) is 41.5 Å². The third kappa shape index (κ3) is 2.70. The molecule has 2 aliphatic heterocycles. The Morgan fingerprint density at radius 1 is 1.17 bits per heavy atom. The number of rotatable bonds is 3. The van der Waals surface area contributed by atoms with Crippen LogP contribution in [0.4, 0.5) is 5.69 Å². The molecule has 0 radical (unpaired) electrons. The van der Waals surface area contributed by atoms with Gasteiger partial charge in [-0.2, -0.15) is 0 Å². The number of pyridine rings is 1. The van der Waals surface area contributed by atoms with E-state index < -0.39 is 0 Å². The molecule has 5 nitrogen and oxygen atoms in total. The molecule has 2 aliphatic rings. The quantitative estimate of drug-likeness (QED) is 0.940. The topological polar surface area (TPSA) is 56.4 Å². The van der Waals surface area contributed by atoms with Gasteiger partial charge >= 0.3 is 0 Å². The van der Waals surface area contributed by atoms with Crippen molar-refractivity contribution in [2.24, 2.45) is 0 Å². The van der Waals surface area contributed by atoms with Gasteiger partial charge in [-0.25, -0.2) is 0 Å². The monoisotopic (exact) mass is 323 g/mol. The van der Waals surface area contributed by atoms with Crippen LogP contribution >= 0.6 is 0 Å². The summed E-state index contributed by atoms with van der Waals surface area (Å²) in [6, 6.07) is 11.8. The summed E-state index contributed by atoms with van der Waals surface area (Å²) < 4.78 is 0. The maximum Gasteiger partial charge on any atom is 0.255 e. The first-order valence-electron chi connectivity index (χ1n) is 8.55. The highest BCUT2D eigenvalue weighted by Crippen LogP contribution is 2.30. The number of benzene rings is 1. The summed E-state index contributed by atoms with van der Waals surface area (Å²) in [6.45, 7) is 2.70. The molecule has 4 rings (SSSR count). The van der Waals surface area contributed by atoms with Gasteiger partial charge in [0.1, 0.15) is 0 Å². The van der Waals surface area contributed by atoms with Crippen molar-refractivity contribution >= 4 is 11.6 Å². The van der Waals surface area contributed by atoms with Crippen molar-refractivity contribution in [1.82, 2.24) is 9.88 Å². The molecule has 1 fully saturated rings. The van der Waals surface area contributed by atoms with E-state index in [4.69, 9.17) is 0 Å². The Morgan fingerprint density at radius 2 is 2.04 bits per heavy atom. The van der Waals surface area contributed by atoms with E-state index in [-0.39, 0.29) is 17.5 Å². The predicted octanol–water partition coefficient (Wildman–Crippen LogP) is 2.04. The van der Waals surface area contributed by atoms with E-state index >= 15 is 0 Å². The first kappa shape index (κ1) is 15.0. The average molecular weight is 323 g/mol. The maximum absolute atomic E-state index is 12.8. The fourth-order valence-electron chi connectivity index (χ4n) is 3.85. The third-order valence-electron chi connectivity index (χ3n) is 5.08. The molecule has 0 spiro atoms. The smallest absolute Gasteiger partial charge is 0.255 e. The Bertz CT molecular complexity index is 794. The van der Waals surface area contributed by atoms with Crippen molar-refractivity contribution in [3.8, 4) is 0 Å². The number of nitrogens with one attached hydrogen (secondary N) is 1. The molecule has 0 unspecified atom stereocenters. The van der Waals surface area contributed by atoms with Crippen LogP contribution in [0.1, 0.15) is 28.8 Å². The second kappa shape index (κ2) is 6.15. The van der Waals surface area contributed by atoms with Gasteiger partial charge in [0.15, 0.2) is 0 Å². The van der Waals surface area contributed by atoms with Crippen molar-refractivity contribution in [3.05, 3.63) is 64.1 Å². The van der Waals surface area contributed by atoms with Crippen molar-refractivity contribution in [2.75, 3.05) is 24.5 Å². The second-order valence-corrected chi connectivity index (χ2v) is 6.56. The number of fused-ring (bicyclic) bond motifs is 1. The number of hydrogen-bond acceptors (Lipinski definition) is 3. The Balaban J connectivity index is 1.50. The third-order valence-corrected chi connectivity index (χ3v) is 5.08. The number of aromatic nitrogens is 1. The number of H-pyrrole nitrogens is 1. The molecule has 1 aromatic carbocycles. The first-order valence-corrected chi connectivity index (χ1v) is 8.55. The molecule has 1 aromatic heterocycles. The lowest BCUT2D eigenvalue weighted by atomic mass is 10.1. The molecule has 1 atom stereocenters. The van der Waals surface area contributed by atoms with E-state index in [0.717, 1.165) is 38.9 Å². The molecule has 24 heavy (non-hydrogen) atoms. The van der Waals surface area contributed by atoms with Gasteiger partial charge in [-0.05, 0) is 37.0 Å². The van der Waals surface area contributed by atoms with Crippen molar-refractivity contribution < 1.29 is 4.79 Å². The summed E-state index contributed by atoms with van der Waals surface area (Å²) in [5.41, 5.74) is 3.08. The first-order chi connectivity index (χ1) is 11.7. The minimum atomic E-state index is -0.182. The fourth-order valence-corrected chi connectivity index (χ4v) is 3.85. The van der Waals surface area contributed by atoms with Crippen LogP contribution in [0.3, 0.4) is 0 Å². The van der Waals surface area contributed by atoms with E-state index in [0.29, 0.717) is 5.56 Å². The number of amides is 1. The number of likely N-dealkylation sites (tertiary alicyclic amines) is 1. The summed E-state index contributed by atoms with van der Waals surface area (Å²) in [6.07, 6.45) is 4.67. The Hall–Kier alpha value is -2.56. The molecular formula is C19H21N3O2. The molecule has 5 heteroatoms. The summed E-state index contributed by atoms with van der Waals surface area (Å²) in [4.78, 5) is 30.9. The summed E-state index contributed by atoms with van der Waals surface area (Å²) in [5, 5.41) is 0. The van der Waals surface area contributed by atoms with Gasteiger partial charge in [-0.3, -0.25) is 9.59 Å². The highest BCUT2D eigenvalue weighted by Gasteiger charge is 2.32. The number of carbonyl (C=O) groups is 1. The summed E-state index contributed by atoms with van der Waals surface area (Å²) in [7, 11) is 0. The predicted molar refractivity (Wildman–Crippen MR) is 93.5 cm³/mol. The number of aromatic amines is 1. The van der Waals surface area contributed by atoms with Crippen LogP contribution < -0.4 is 10.5 Å². The molecule has 1 saturated heterocycles. The van der Waals surface area contributed by atoms with Gasteiger partial charge in [0.05, 0.1) is 5.56 Å². The molecule has 0 saturated carbocycles. The Morgan fingerprint density at radius 3 is 2.88 bits per heavy atom. The zero-order valence-electron chi connectivity index (χ0n) is 13.6. The molecule has 1 N–H and O–H groups in total.